The Morgan fingerprint density at radius 1 is 0.938 bits per heavy atom. The number of piperazine rings is 1. The van der Waals surface area contributed by atoms with Crippen LogP contribution >= 0.6 is 0 Å². The first kappa shape index (κ1) is 22.7. The molecule has 4 rings (SSSR count). The zero-order valence-electron chi connectivity index (χ0n) is 18.6. The molecule has 2 heterocycles. The molecule has 2 aromatic carbocycles. The van der Waals surface area contributed by atoms with Gasteiger partial charge in [-0.25, -0.2) is 12.8 Å². The van der Waals surface area contributed by atoms with Gasteiger partial charge in [-0.3, -0.25) is 4.79 Å². The topological polar surface area (TPSA) is 60.9 Å². The number of sulfonamides is 1. The van der Waals surface area contributed by atoms with Crippen LogP contribution in [0.3, 0.4) is 0 Å². The van der Waals surface area contributed by atoms with Crippen molar-refractivity contribution in [1.29, 1.82) is 0 Å². The van der Waals surface area contributed by atoms with Crippen molar-refractivity contribution in [2.75, 3.05) is 44.2 Å². The summed E-state index contributed by atoms with van der Waals surface area (Å²) in [5.74, 6) is 0.471. The number of halogens is 1. The van der Waals surface area contributed by atoms with Gasteiger partial charge in [0.2, 0.25) is 10.0 Å². The number of anilines is 1. The van der Waals surface area contributed by atoms with Crippen molar-refractivity contribution in [3.63, 3.8) is 0 Å². The maximum Gasteiger partial charge on any atom is 0.253 e. The molecule has 32 heavy (non-hydrogen) atoms. The molecule has 2 aromatic rings. The normalized spacial score (nSPS) is 22.7. The highest BCUT2D eigenvalue weighted by atomic mass is 32.2. The minimum Gasteiger partial charge on any atom is -0.369 e. The van der Waals surface area contributed by atoms with E-state index in [9.17, 15) is 17.6 Å². The maximum atomic E-state index is 13.3. The molecule has 0 bridgehead atoms. The minimum absolute atomic E-state index is 0.110. The first-order chi connectivity index (χ1) is 15.2. The fraction of sp³-hybridized carbons (Fsp3) is 0.458. The number of likely N-dealkylation sites (tertiary alicyclic amines) is 1. The number of rotatable bonds is 4. The first-order valence-corrected chi connectivity index (χ1v) is 12.6. The highest BCUT2D eigenvalue weighted by Crippen LogP contribution is 2.25. The zero-order chi connectivity index (χ0) is 22.9. The van der Waals surface area contributed by atoms with Crippen molar-refractivity contribution in [1.82, 2.24) is 9.21 Å². The van der Waals surface area contributed by atoms with Gasteiger partial charge in [-0.05, 0) is 60.7 Å². The number of carbonyl (C=O) groups is 1. The Hall–Kier alpha value is -2.45. The van der Waals surface area contributed by atoms with Gasteiger partial charge in [0.1, 0.15) is 5.82 Å². The third-order valence-corrected chi connectivity index (χ3v) is 8.20. The van der Waals surface area contributed by atoms with Gasteiger partial charge in [0, 0.05) is 50.5 Å². The van der Waals surface area contributed by atoms with E-state index in [0.29, 0.717) is 56.7 Å². The predicted molar refractivity (Wildman–Crippen MR) is 123 cm³/mol. The molecule has 172 valence electrons. The Kier molecular flexibility index (Phi) is 6.53. The Labute approximate surface area is 189 Å². The molecule has 0 N–H and O–H groups in total. The maximum absolute atomic E-state index is 13.3. The van der Waals surface area contributed by atoms with Crippen molar-refractivity contribution < 1.29 is 17.6 Å². The van der Waals surface area contributed by atoms with E-state index in [4.69, 9.17) is 0 Å². The summed E-state index contributed by atoms with van der Waals surface area (Å²) in [5.41, 5.74) is 1.29. The molecule has 0 saturated carbocycles. The summed E-state index contributed by atoms with van der Waals surface area (Å²) >= 11 is 0. The number of piperidine rings is 1. The van der Waals surface area contributed by atoms with Crippen LogP contribution in [0.2, 0.25) is 0 Å². The fourth-order valence-electron chi connectivity index (χ4n) is 4.79. The van der Waals surface area contributed by atoms with Gasteiger partial charge in [-0.15, -0.1) is 0 Å². The third-order valence-electron chi connectivity index (χ3n) is 6.31. The van der Waals surface area contributed by atoms with Gasteiger partial charge in [0.25, 0.3) is 5.91 Å². The summed E-state index contributed by atoms with van der Waals surface area (Å²) in [7, 11) is -3.71. The summed E-state index contributed by atoms with van der Waals surface area (Å²) in [4.78, 5) is 17.1. The van der Waals surface area contributed by atoms with E-state index in [0.717, 1.165) is 12.1 Å². The molecule has 2 saturated heterocycles. The molecule has 2 aliphatic heterocycles. The number of hydrogen-bond donors (Lipinski definition) is 0. The van der Waals surface area contributed by atoms with Gasteiger partial charge >= 0.3 is 0 Å². The lowest BCUT2D eigenvalue weighted by Crippen LogP contribution is -2.48. The molecule has 2 fully saturated rings. The van der Waals surface area contributed by atoms with Crippen molar-refractivity contribution >= 4 is 21.6 Å². The van der Waals surface area contributed by atoms with Crippen molar-refractivity contribution in [2.24, 2.45) is 11.8 Å². The Morgan fingerprint density at radius 2 is 1.56 bits per heavy atom. The second-order valence-corrected chi connectivity index (χ2v) is 11.0. The van der Waals surface area contributed by atoms with Gasteiger partial charge in [-0.1, -0.05) is 19.9 Å². The van der Waals surface area contributed by atoms with E-state index in [1.165, 1.54) is 22.5 Å². The van der Waals surface area contributed by atoms with Crippen LogP contribution in [-0.2, 0) is 10.0 Å². The molecule has 1 amide bonds. The van der Waals surface area contributed by atoms with Crippen LogP contribution in [0.25, 0.3) is 0 Å². The summed E-state index contributed by atoms with van der Waals surface area (Å²) in [6.45, 7) is 7.39. The van der Waals surface area contributed by atoms with Crippen LogP contribution in [0.4, 0.5) is 10.1 Å². The summed E-state index contributed by atoms with van der Waals surface area (Å²) in [6, 6.07) is 12.6. The van der Waals surface area contributed by atoms with E-state index < -0.39 is 10.0 Å². The van der Waals surface area contributed by atoms with Crippen molar-refractivity contribution in [3.05, 3.63) is 59.9 Å². The van der Waals surface area contributed by atoms with E-state index in [2.05, 4.69) is 13.8 Å². The monoisotopic (exact) mass is 459 g/mol. The average Bonchev–Trinajstić information content (AvgIpc) is 2.78. The van der Waals surface area contributed by atoms with Crippen LogP contribution in [0.5, 0.6) is 0 Å². The second-order valence-electron chi connectivity index (χ2n) is 9.05. The van der Waals surface area contributed by atoms with Crippen LogP contribution in [0, 0.1) is 17.7 Å². The lowest BCUT2D eigenvalue weighted by molar-refractivity contribution is 0.0623. The van der Waals surface area contributed by atoms with E-state index in [1.807, 2.05) is 9.80 Å². The van der Waals surface area contributed by atoms with Crippen LogP contribution in [0.1, 0.15) is 30.6 Å². The number of hydrogen-bond acceptors (Lipinski definition) is 4. The second kappa shape index (κ2) is 9.19. The van der Waals surface area contributed by atoms with Crippen molar-refractivity contribution in [2.45, 2.75) is 25.2 Å². The molecule has 6 nitrogen and oxygen atoms in total. The van der Waals surface area contributed by atoms with Crippen LogP contribution in [-0.4, -0.2) is 62.8 Å². The average molecular weight is 460 g/mol. The molecule has 0 aliphatic carbocycles. The van der Waals surface area contributed by atoms with Crippen molar-refractivity contribution in [3.8, 4) is 0 Å². The van der Waals surface area contributed by atoms with Crippen LogP contribution in [0.15, 0.2) is 53.4 Å². The molecule has 0 radical (unpaired) electrons. The van der Waals surface area contributed by atoms with Gasteiger partial charge in [0.15, 0.2) is 0 Å². The smallest absolute Gasteiger partial charge is 0.253 e. The quantitative estimate of drug-likeness (QED) is 0.703. The number of carbonyl (C=O) groups excluding carboxylic acids is 1. The SMILES string of the molecule is CC1CC(C)CN(C(=O)c2cccc(S(=O)(=O)N3CCN(c4ccc(F)cc4)CC3)c2)C1. The van der Waals surface area contributed by atoms with Gasteiger partial charge in [0.05, 0.1) is 4.90 Å². The molecule has 2 unspecified atom stereocenters. The molecule has 2 atom stereocenters. The molecule has 0 aromatic heterocycles. The predicted octanol–water partition coefficient (Wildman–Crippen LogP) is 3.45. The Bertz CT molecular complexity index is 1060. The van der Waals surface area contributed by atoms with Crippen LogP contribution < -0.4 is 4.90 Å². The molecule has 2 aliphatic rings. The number of benzene rings is 2. The van der Waals surface area contributed by atoms with E-state index in [1.54, 1.807) is 30.3 Å². The highest BCUT2D eigenvalue weighted by molar-refractivity contribution is 7.89. The highest BCUT2D eigenvalue weighted by Gasteiger charge is 2.30. The summed E-state index contributed by atoms with van der Waals surface area (Å²) in [6.07, 6.45) is 1.10. The van der Waals surface area contributed by atoms with Gasteiger partial charge in [-0.2, -0.15) is 4.31 Å². The Balaban J connectivity index is 1.46. The minimum atomic E-state index is -3.71. The molecule has 8 heteroatoms. The van der Waals surface area contributed by atoms with E-state index in [-0.39, 0.29) is 16.6 Å². The third kappa shape index (κ3) is 4.81. The standard InChI is InChI=1S/C24H30FN3O3S/c1-18-14-19(2)17-27(16-18)24(29)20-4-3-5-23(15-20)32(30,31)28-12-10-26(11-13-28)22-8-6-21(25)7-9-22/h3-9,15,18-19H,10-14,16-17H2,1-2H3. The zero-order valence-corrected chi connectivity index (χ0v) is 19.4. The van der Waals surface area contributed by atoms with Gasteiger partial charge < -0.3 is 9.80 Å². The first-order valence-electron chi connectivity index (χ1n) is 11.1. The number of amides is 1. The summed E-state index contributed by atoms with van der Waals surface area (Å²) < 4.78 is 41.2. The molecular weight excluding hydrogens is 429 g/mol. The molecule has 0 spiro atoms. The lowest BCUT2D eigenvalue weighted by Gasteiger charge is -2.36. The largest absolute Gasteiger partial charge is 0.369 e. The van der Waals surface area contributed by atoms with E-state index >= 15 is 0 Å². The number of nitrogens with zero attached hydrogens (tertiary/aromatic N) is 3. The summed E-state index contributed by atoms with van der Waals surface area (Å²) in [5, 5.41) is 0. The Morgan fingerprint density at radius 3 is 2.19 bits per heavy atom. The molecular formula is C24H30FN3O3S. The fourth-order valence-corrected chi connectivity index (χ4v) is 6.26. The lowest BCUT2D eigenvalue weighted by atomic mass is 9.91.